The maximum Gasteiger partial charge on any atom is 0.416 e. The van der Waals surface area contributed by atoms with Gasteiger partial charge in [0.1, 0.15) is 11.3 Å². The van der Waals surface area contributed by atoms with Crippen molar-refractivity contribution in [2.24, 2.45) is 4.99 Å². The van der Waals surface area contributed by atoms with Crippen molar-refractivity contribution in [3.63, 3.8) is 0 Å². The second-order valence-electron chi connectivity index (χ2n) is 4.79. The number of aromatic hydroxyl groups is 1. The standard InChI is InChI=1S/C13H11BrF3NO2/c14-9-5-8(13(15,16)17)6-10(20)11(9)12(18-7-19)3-1-2-4-12/h5-6,20H,1-4H2. The summed E-state index contributed by atoms with van der Waals surface area (Å²) in [6.45, 7) is 0. The highest BCUT2D eigenvalue weighted by Gasteiger charge is 2.41. The lowest BCUT2D eigenvalue weighted by molar-refractivity contribution is -0.137. The fourth-order valence-corrected chi connectivity index (χ4v) is 3.50. The highest BCUT2D eigenvalue weighted by atomic mass is 79.9. The smallest absolute Gasteiger partial charge is 0.416 e. The lowest BCUT2D eigenvalue weighted by Crippen LogP contribution is -2.20. The number of hydrogen-bond acceptors (Lipinski definition) is 3. The topological polar surface area (TPSA) is 49.7 Å². The molecule has 7 heteroatoms. The van der Waals surface area contributed by atoms with Crippen molar-refractivity contribution >= 4 is 22.0 Å². The minimum absolute atomic E-state index is 0.103. The van der Waals surface area contributed by atoms with E-state index in [2.05, 4.69) is 20.9 Å². The predicted octanol–water partition coefficient (Wildman–Crippen LogP) is 4.28. The van der Waals surface area contributed by atoms with Gasteiger partial charge in [-0.3, -0.25) is 0 Å². The first kappa shape index (κ1) is 15.1. The van der Waals surface area contributed by atoms with Crippen molar-refractivity contribution < 1.29 is 23.1 Å². The molecule has 0 aliphatic heterocycles. The van der Waals surface area contributed by atoms with Crippen LogP contribution in [0.3, 0.4) is 0 Å². The van der Waals surface area contributed by atoms with E-state index in [4.69, 9.17) is 0 Å². The summed E-state index contributed by atoms with van der Waals surface area (Å²) in [6, 6.07) is 1.57. The van der Waals surface area contributed by atoms with Gasteiger partial charge >= 0.3 is 6.18 Å². The summed E-state index contributed by atoms with van der Waals surface area (Å²) < 4.78 is 38.2. The Morgan fingerprint density at radius 2 is 1.90 bits per heavy atom. The summed E-state index contributed by atoms with van der Waals surface area (Å²) in [5.41, 5.74) is -1.70. The van der Waals surface area contributed by atoms with Gasteiger partial charge in [-0.05, 0) is 25.0 Å². The molecule has 0 bridgehead atoms. The van der Waals surface area contributed by atoms with Crippen LogP contribution < -0.4 is 0 Å². The maximum atomic E-state index is 12.7. The van der Waals surface area contributed by atoms with Crippen LogP contribution in [0.2, 0.25) is 0 Å². The van der Waals surface area contributed by atoms with Gasteiger partial charge in [0.25, 0.3) is 0 Å². The van der Waals surface area contributed by atoms with Crippen LogP contribution in [0.1, 0.15) is 36.8 Å². The molecule has 108 valence electrons. The first-order chi connectivity index (χ1) is 9.30. The summed E-state index contributed by atoms with van der Waals surface area (Å²) in [5, 5.41) is 9.97. The van der Waals surface area contributed by atoms with Crippen LogP contribution in [-0.2, 0) is 16.5 Å². The first-order valence-corrected chi connectivity index (χ1v) is 6.79. The van der Waals surface area contributed by atoms with Crippen LogP contribution in [-0.4, -0.2) is 11.2 Å². The maximum absolute atomic E-state index is 12.7. The van der Waals surface area contributed by atoms with Crippen LogP contribution >= 0.6 is 15.9 Å². The fraction of sp³-hybridized carbons (Fsp3) is 0.462. The van der Waals surface area contributed by atoms with Crippen molar-refractivity contribution in [1.29, 1.82) is 0 Å². The van der Waals surface area contributed by atoms with E-state index in [9.17, 15) is 23.1 Å². The summed E-state index contributed by atoms with van der Waals surface area (Å²) in [7, 11) is 0. The van der Waals surface area contributed by atoms with Crippen LogP contribution in [0.15, 0.2) is 21.6 Å². The molecule has 1 aliphatic rings. The highest BCUT2D eigenvalue weighted by molar-refractivity contribution is 9.10. The van der Waals surface area contributed by atoms with Crippen LogP contribution in [0, 0.1) is 0 Å². The van der Waals surface area contributed by atoms with Crippen molar-refractivity contribution in [1.82, 2.24) is 0 Å². The molecule has 1 N–H and O–H groups in total. The molecule has 1 saturated carbocycles. The molecule has 20 heavy (non-hydrogen) atoms. The van der Waals surface area contributed by atoms with Gasteiger partial charge in [-0.2, -0.15) is 18.2 Å². The highest BCUT2D eigenvalue weighted by Crippen LogP contribution is 2.49. The molecule has 0 spiro atoms. The Labute approximate surface area is 121 Å². The Morgan fingerprint density at radius 1 is 1.30 bits per heavy atom. The Morgan fingerprint density at radius 3 is 2.35 bits per heavy atom. The molecular formula is C13H11BrF3NO2. The molecule has 1 aromatic rings. The number of rotatable bonds is 2. The number of carbonyl (C=O) groups excluding carboxylic acids is 1. The van der Waals surface area contributed by atoms with Crippen LogP contribution in [0.4, 0.5) is 13.2 Å². The number of isocyanates is 1. The lowest BCUT2D eigenvalue weighted by Gasteiger charge is -2.26. The van der Waals surface area contributed by atoms with Gasteiger partial charge in [0.05, 0.1) is 5.56 Å². The van der Waals surface area contributed by atoms with Crippen molar-refractivity contribution in [2.45, 2.75) is 37.4 Å². The summed E-state index contributed by atoms with van der Waals surface area (Å²) >= 11 is 3.06. The van der Waals surface area contributed by atoms with E-state index in [-0.39, 0.29) is 10.0 Å². The van der Waals surface area contributed by atoms with Crippen LogP contribution in [0.5, 0.6) is 5.75 Å². The molecular weight excluding hydrogens is 339 g/mol. The number of hydrogen-bond donors (Lipinski definition) is 1. The Hall–Kier alpha value is -1.33. The van der Waals surface area contributed by atoms with Gasteiger partial charge in [-0.1, -0.05) is 28.8 Å². The van der Waals surface area contributed by atoms with E-state index < -0.39 is 23.0 Å². The van der Waals surface area contributed by atoms with E-state index in [0.717, 1.165) is 18.9 Å². The fourth-order valence-electron chi connectivity index (χ4n) is 2.68. The molecule has 1 fully saturated rings. The van der Waals surface area contributed by atoms with Gasteiger partial charge in [-0.15, -0.1) is 0 Å². The number of phenols is 1. The van der Waals surface area contributed by atoms with E-state index in [0.29, 0.717) is 18.9 Å². The van der Waals surface area contributed by atoms with E-state index in [1.54, 1.807) is 0 Å². The van der Waals surface area contributed by atoms with E-state index >= 15 is 0 Å². The van der Waals surface area contributed by atoms with Crippen molar-refractivity contribution in [2.75, 3.05) is 0 Å². The average molecular weight is 350 g/mol. The molecule has 1 aliphatic carbocycles. The Balaban J connectivity index is 2.60. The third-order valence-corrected chi connectivity index (χ3v) is 4.18. The zero-order valence-electron chi connectivity index (χ0n) is 10.3. The van der Waals surface area contributed by atoms with Crippen molar-refractivity contribution in [3.8, 4) is 5.75 Å². The monoisotopic (exact) mass is 349 g/mol. The zero-order chi connectivity index (χ0) is 15.0. The van der Waals surface area contributed by atoms with Crippen LogP contribution in [0.25, 0.3) is 0 Å². The normalized spacial score (nSPS) is 17.8. The zero-order valence-corrected chi connectivity index (χ0v) is 11.9. The third kappa shape index (κ3) is 2.60. The number of phenolic OH excluding ortho intramolecular Hbond substituents is 1. The summed E-state index contributed by atoms with van der Waals surface area (Å²) in [6.07, 6.45) is -0.498. The Bertz CT molecular complexity index is 550. The van der Waals surface area contributed by atoms with Gasteiger partial charge < -0.3 is 5.11 Å². The molecule has 0 saturated heterocycles. The molecule has 3 nitrogen and oxygen atoms in total. The molecule has 1 aromatic carbocycles. The molecule has 0 aromatic heterocycles. The molecule has 0 amide bonds. The largest absolute Gasteiger partial charge is 0.508 e. The summed E-state index contributed by atoms with van der Waals surface area (Å²) in [4.78, 5) is 14.4. The quantitative estimate of drug-likeness (QED) is 0.639. The number of benzene rings is 1. The molecule has 0 heterocycles. The predicted molar refractivity (Wildman–Crippen MR) is 69.1 cm³/mol. The van der Waals surface area contributed by atoms with E-state index in [1.807, 2.05) is 0 Å². The second-order valence-corrected chi connectivity index (χ2v) is 5.65. The number of nitrogens with zero attached hydrogens (tertiary/aromatic N) is 1. The van der Waals surface area contributed by atoms with E-state index in [1.165, 1.54) is 6.08 Å². The molecule has 2 rings (SSSR count). The lowest BCUT2D eigenvalue weighted by atomic mass is 9.87. The third-order valence-electron chi connectivity index (χ3n) is 3.55. The molecule has 0 unspecified atom stereocenters. The second kappa shape index (κ2) is 5.22. The minimum Gasteiger partial charge on any atom is -0.508 e. The van der Waals surface area contributed by atoms with Gasteiger partial charge in [0, 0.05) is 10.0 Å². The minimum atomic E-state index is -4.55. The number of halogens is 4. The molecule has 0 atom stereocenters. The Kier molecular flexibility index (Phi) is 3.93. The van der Waals surface area contributed by atoms with Crippen molar-refractivity contribution in [3.05, 3.63) is 27.7 Å². The van der Waals surface area contributed by atoms with Gasteiger partial charge in [0.15, 0.2) is 0 Å². The average Bonchev–Trinajstić information content (AvgIpc) is 2.76. The first-order valence-electron chi connectivity index (χ1n) is 5.99. The number of alkyl halides is 3. The van der Waals surface area contributed by atoms with Gasteiger partial charge in [-0.25, -0.2) is 4.79 Å². The van der Waals surface area contributed by atoms with Gasteiger partial charge in [0.2, 0.25) is 6.08 Å². The number of aliphatic imine (C=N–C) groups is 1. The SMILES string of the molecule is O=C=NC1(c2c(O)cc(C(F)(F)F)cc2Br)CCCC1. The molecule has 0 radical (unpaired) electrons. The summed E-state index contributed by atoms with van der Waals surface area (Å²) in [5.74, 6) is -0.507.